The Morgan fingerprint density at radius 1 is 0.833 bits per heavy atom. The molecule has 2 aromatic heterocycles. The summed E-state index contributed by atoms with van der Waals surface area (Å²) >= 11 is 0. The van der Waals surface area contributed by atoms with Crippen LogP contribution in [0.3, 0.4) is 0 Å². The van der Waals surface area contributed by atoms with Crippen LogP contribution in [0.25, 0.3) is 22.3 Å². The van der Waals surface area contributed by atoms with Gasteiger partial charge in [0.05, 0.1) is 18.0 Å². The Hall–Kier alpha value is -4.06. The van der Waals surface area contributed by atoms with Crippen molar-refractivity contribution in [1.29, 1.82) is 0 Å². The second kappa shape index (κ2) is 13.6. The van der Waals surface area contributed by atoms with Crippen LogP contribution >= 0.6 is 0 Å². The van der Waals surface area contributed by atoms with Crippen molar-refractivity contribution in [2.75, 3.05) is 51.6 Å². The molecule has 11 nitrogen and oxygen atoms in total. The number of carbonyl (C=O) groups is 1. The van der Waals surface area contributed by atoms with Gasteiger partial charge in [0.25, 0.3) is 0 Å². The van der Waals surface area contributed by atoms with Gasteiger partial charge in [0.2, 0.25) is 5.91 Å². The van der Waals surface area contributed by atoms with Crippen molar-refractivity contribution in [3.8, 4) is 22.8 Å². The van der Waals surface area contributed by atoms with E-state index in [0.29, 0.717) is 23.2 Å². The Kier molecular flexibility index (Phi) is 8.67. The van der Waals surface area contributed by atoms with Crippen LogP contribution in [0.2, 0.25) is 0 Å². The number of nitrogens with zero attached hydrogens (tertiary/aromatic N) is 7. The zero-order chi connectivity index (χ0) is 36.4. The number of aromatic nitrogens is 4. The number of amides is 1. The Morgan fingerprint density at radius 3 is 2.13 bits per heavy atom. The number of piperidine rings is 2. The highest BCUT2D eigenvalue weighted by Crippen LogP contribution is 2.61. The maximum absolute atomic E-state index is 13.5. The summed E-state index contributed by atoms with van der Waals surface area (Å²) in [5, 5.41) is 16.8. The second-order valence-electron chi connectivity index (χ2n) is 17.9. The first-order valence-electron chi connectivity index (χ1n) is 20.6. The lowest BCUT2D eigenvalue weighted by atomic mass is 9.49. The second-order valence-corrected chi connectivity index (χ2v) is 17.9. The highest BCUT2D eigenvalue weighted by Gasteiger charge is 2.52. The molecule has 0 radical (unpaired) electrons. The summed E-state index contributed by atoms with van der Waals surface area (Å²) in [6, 6.07) is 18.3. The summed E-state index contributed by atoms with van der Waals surface area (Å²) in [7, 11) is 0. The normalized spacial score (nSPS) is 28.8. The van der Waals surface area contributed by atoms with Crippen LogP contribution in [0.15, 0.2) is 60.9 Å². The number of aliphatic hydroxyl groups excluding tert-OH is 1. The molecule has 3 aliphatic heterocycles. The van der Waals surface area contributed by atoms with Crippen LogP contribution in [0.1, 0.15) is 76.7 Å². The maximum atomic E-state index is 13.5. The Balaban J connectivity index is 0.755. The highest BCUT2D eigenvalue weighted by atomic mass is 16.5. The number of likely N-dealkylation sites (tertiary alicyclic amines) is 3. The van der Waals surface area contributed by atoms with Crippen LogP contribution in [0, 0.1) is 23.2 Å². The van der Waals surface area contributed by atoms with Gasteiger partial charge in [0.1, 0.15) is 29.3 Å². The molecule has 4 aliphatic carbocycles. The molecule has 3 saturated heterocycles. The first kappa shape index (κ1) is 34.4. The van der Waals surface area contributed by atoms with E-state index in [2.05, 4.69) is 29.3 Å². The predicted octanol–water partition coefficient (Wildman–Crippen LogP) is 6.15. The highest BCUT2D eigenvalue weighted by molar-refractivity contribution is 5.98. The van der Waals surface area contributed by atoms with Gasteiger partial charge < -0.3 is 20.5 Å². The zero-order valence-electron chi connectivity index (χ0n) is 31.4. The summed E-state index contributed by atoms with van der Waals surface area (Å²) in [6.07, 6.45) is 14.3. The summed E-state index contributed by atoms with van der Waals surface area (Å²) < 4.78 is 8.09. The summed E-state index contributed by atoms with van der Waals surface area (Å²) in [5.41, 5.74) is 9.05. The number of fused-ring (bicyclic) bond motifs is 1. The molecule has 4 saturated carbocycles. The molecular weight excluding hydrogens is 677 g/mol. The summed E-state index contributed by atoms with van der Waals surface area (Å²) in [4.78, 5) is 29.8. The number of hydrogen-bond acceptors (Lipinski definition) is 9. The first-order chi connectivity index (χ1) is 26.4. The number of benzene rings is 2. The van der Waals surface area contributed by atoms with Crippen LogP contribution in [0.5, 0.6) is 11.5 Å². The molecule has 4 bridgehead atoms. The van der Waals surface area contributed by atoms with Gasteiger partial charge in [-0.1, -0.05) is 18.2 Å². The maximum Gasteiger partial charge on any atom is 0.223 e. The minimum absolute atomic E-state index is 0.167. The fraction of sp³-hybridized carbons (Fsp3) is 0.581. The van der Waals surface area contributed by atoms with Gasteiger partial charge in [-0.3, -0.25) is 14.6 Å². The molecular formula is C43H54N8O3. The minimum Gasteiger partial charge on any atom is -0.457 e. The van der Waals surface area contributed by atoms with Gasteiger partial charge in [-0.15, -0.1) is 0 Å². The van der Waals surface area contributed by atoms with Crippen LogP contribution < -0.4 is 10.5 Å². The van der Waals surface area contributed by atoms with Crippen LogP contribution in [0.4, 0.5) is 5.82 Å². The Bertz CT molecular complexity index is 1940. The van der Waals surface area contributed by atoms with Crippen molar-refractivity contribution in [3.05, 3.63) is 60.9 Å². The molecule has 0 unspecified atom stereocenters. The number of para-hydroxylation sites is 1. The van der Waals surface area contributed by atoms with E-state index in [1.54, 1.807) is 0 Å². The van der Waals surface area contributed by atoms with E-state index in [1.807, 2.05) is 54.6 Å². The largest absolute Gasteiger partial charge is 0.457 e. The Labute approximate surface area is 317 Å². The molecule has 0 spiro atoms. The molecule has 284 valence electrons. The third kappa shape index (κ3) is 6.16. The molecule has 0 atom stereocenters. The molecule has 2 aromatic carbocycles. The van der Waals surface area contributed by atoms with E-state index in [4.69, 9.17) is 15.6 Å². The lowest BCUT2D eigenvalue weighted by Crippen LogP contribution is -2.66. The fourth-order valence-electron chi connectivity index (χ4n) is 12.1. The molecule has 3 N–H and O–H groups in total. The monoisotopic (exact) mass is 730 g/mol. The van der Waals surface area contributed by atoms with E-state index in [-0.39, 0.29) is 18.2 Å². The molecule has 7 aliphatic rings. The van der Waals surface area contributed by atoms with E-state index in [9.17, 15) is 9.90 Å². The Morgan fingerprint density at radius 2 is 1.48 bits per heavy atom. The molecule has 5 heterocycles. The van der Waals surface area contributed by atoms with Crippen molar-refractivity contribution in [2.45, 2.75) is 88.3 Å². The third-order valence-electron chi connectivity index (χ3n) is 14.6. The van der Waals surface area contributed by atoms with Crippen molar-refractivity contribution >= 4 is 22.8 Å². The van der Waals surface area contributed by atoms with Gasteiger partial charge in [-0.05, 0) is 124 Å². The van der Waals surface area contributed by atoms with E-state index >= 15 is 0 Å². The molecule has 7 fully saturated rings. The average molecular weight is 731 g/mol. The van der Waals surface area contributed by atoms with Gasteiger partial charge in [-0.2, -0.15) is 5.10 Å². The number of ether oxygens (including phenoxy) is 1. The number of nitrogens with two attached hydrogens (primary N) is 1. The van der Waals surface area contributed by atoms with Crippen molar-refractivity contribution in [1.82, 2.24) is 34.4 Å². The molecule has 11 heteroatoms. The quantitative estimate of drug-likeness (QED) is 0.209. The SMILES string of the molecule is Nc1ncnc2c1c(-c1ccc(Oc3ccccc3)cc1)nn2C1CCN(C2(CO)CCN(C3CN(C(=O)CC45CC6CC(CC(C6)C4)C5)C3)CC2)CC1. The first-order valence-corrected chi connectivity index (χ1v) is 20.6. The van der Waals surface area contributed by atoms with Gasteiger partial charge in [0, 0.05) is 62.8 Å². The average Bonchev–Trinajstić information content (AvgIpc) is 3.56. The zero-order valence-corrected chi connectivity index (χ0v) is 31.4. The predicted molar refractivity (Wildman–Crippen MR) is 208 cm³/mol. The molecule has 54 heavy (non-hydrogen) atoms. The van der Waals surface area contributed by atoms with E-state index < -0.39 is 0 Å². The lowest BCUT2D eigenvalue weighted by Gasteiger charge is -2.57. The van der Waals surface area contributed by atoms with Gasteiger partial charge in [0.15, 0.2) is 5.65 Å². The van der Waals surface area contributed by atoms with Crippen LogP contribution in [-0.2, 0) is 4.79 Å². The van der Waals surface area contributed by atoms with E-state index in [0.717, 1.165) is 123 Å². The summed E-state index contributed by atoms with van der Waals surface area (Å²) in [6.45, 7) is 5.66. The number of carbonyl (C=O) groups excluding carboxylic acids is 1. The van der Waals surface area contributed by atoms with Crippen molar-refractivity contribution in [3.63, 3.8) is 0 Å². The van der Waals surface area contributed by atoms with Crippen molar-refractivity contribution in [2.24, 2.45) is 23.2 Å². The molecule has 4 aromatic rings. The topological polar surface area (TPSA) is 126 Å². The number of hydrogen-bond donors (Lipinski definition) is 2. The van der Waals surface area contributed by atoms with E-state index in [1.165, 1.54) is 44.9 Å². The number of rotatable bonds is 9. The van der Waals surface area contributed by atoms with Crippen LogP contribution in [-0.4, -0.2) is 103 Å². The number of anilines is 1. The van der Waals surface area contributed by atoms with Gasteiger partial charge in [-0.25, -0.2) is 14.6 Å². The standard InChI is InChI=1S/C43H54N8O3/c44-40-38-39(32-6-8-36(9-7-32)54-35-4-2-1-3-5-35)47-51(41(38)46-28-45-40)33-10-14-50(15-11-33)43(27-52)12-16-48(17-13-43)34-25-49(26-34)37(53)24-42-21-29-18-30(22-42)20-31(19-29)23-42/h1-9,28-31,33-34,52H,10-27H2,(H2,44,45,46). The van der Waals surface area contributed by atoms with Crippen molar-refractivity contribution < 1.29 is 14.6 Å². The minimum atomic E-state index is -0.202. The summed E-state index contributed by atoms with van der Waals surface area (Å²) in [5.74, 6) is 5.05. The lowest BCUT2D eigenvalue weighted by molar-refractivity contribution is -0.148. The van der Waals surface area contributed by atoms with Gasteiger partial charge >= 0.3 is 0 Å². The number of aliphatic hydroxyl groups is 1. The smallest absolute Gasteiger partial charge is 0.223 e. The molecule has 11 rings (SSSR count). The third-order valence-corrected chi connectivity index (χ3v) is 14.6. The molecule has 1 amide bonds. The fourth-order valence-corrected chi connectivity index (χ4v) is 12.1. The number of nitrogen functional groups attached to an aromatic ring is 1.